The Morgan fingerprint density at radius 1 is 1.21 bits per heavy atom. The molecule has 1 heterocycles. The molecule has 1 fully saturated rings. The first-order valence-corrected chi connectivity index (χ1v) is 11.3. The molecule has 0 radical (unpaired) electrons. The van der Waals surface area contributed by atoms with E-state index < -0.39 is 15.8 Å². The topological polar surface area (TPSA) is 66.5 Å². The van der Waals surface area contributed by atoms with Gasteiger partial charge in [-0.15, -0.1) is 0 Å². The first kappa shape index (κ1) is 19.4. The van der Waals surface area contributed by atoms with E-state index in [9.17, 15) is 17.6 Å². The number of hydrogen-bond donors (Lipinski definition) is 1. The molecule has 8 heteroatoms. The second kappa shape index (κ2) is 6.56. The molecule has 0 saturated heterocycles. The number of sulfonamides is 1. The summed E-state index contributed by atoms with van der Waals surface area (Å²) in [7, 11) is -3.97. The van der Waals surface area contributed by atoms with Crippen LogP contribution in [0.2, 0.25) is 0 Å². The molecule has 0 bridgehead atoms. The second-order valence-electron chi connectivity index (χ2n) is 7.99. The van der Waals surface area contributed by atoms with Gasteiger partial charge in [-0.2, -0.15) is 0 Å². The molecule has 2 aliphatic rings. The maximum absolute atomic E-state index is 14.1. The lowest BCUT2D eigenvalue weighted by atomic mass is 9.87. The Morgan fingerprint density at radius 2 is 1.93 bits per heavy atom. The third-order valence-corrected chi connectivity index (χ3v) is 7.08. The number of fused-ring (bicyclic) bond motifs is 1. The molecule has 148 valence electrons. The summed E-state index contributed by atoms with van der Waals surface area (Å²) in [4.78, 5) is 14.4. The van der Waals surface area contributed by atoms with E-state index in [2.05, 4.69) is 20.7 Å². The van der Waals surface area contributed by atoms with Crippen molar-refractivity contribution in [1.29, 1.82) is 0 Å². The van der Waals surface area contributed by atoms with Crippen LogP contribution in [0, 0.1) is 11.7 Å². The monoisotopic (exact) mass is 466 g/mol. The van der Waals surface area contributed by atoms with Crippen LogP contribution in [0.15, 0.2) is 45.8 Å². The maximum atomic E-state index is 14.1. The van der Waals surface area contributed by atoms with Crippen molar-refractivity contribution in [3.8, 4) is 0 Å². The molecule has 1 N–H and O–H groups in total. The van der Waals surface area contributed by atoms with E-state index >= 15 is 0 Å². The summed E-state index contributed by atoms with van der Waals surface area (Å²) in [6.07, 6.45) is 1.83. The summed E-state index contributed by atoms with van der Waals surface area (Å²) in [6, 6.07) is 8.86. The van der Waals surface area contributed by atoms with Crippen molar-refractivity contribution in [2.45, 2.75) is 37.0 Å². The van der Waals surface area contributed by atoms with Gasteiger partial charge in [0.15, 0.2) is 0 Å². The molecule has 2 aromatic rings. The number of amides is 1. The normalized spacial score (nSPS) is 18.1. The Hall–Kier alpha value is -1.93. The van der Waals surface area contributed by atoms with Gasteiger partial charge in [0.1, 0.15) is 5.82 Å². The van der Waals surface area contributed by atoms with E-state index in [0.29, 0.717) is 11.0 Å². The highest BCUT2D eigenvalue weighted by Crippen LogP contribution is 2.44. The van der Waals surface area contributed by atoms with Gasteiger partial charge in [-0.05, 0) is 54.8 Å². The van der Waals surface area contributed by atoms with Gasteiger partial charge in [-0.1, -0.05) is 29.8 Å². The predicted molar refractivity (Wildman–Crippen MR) is 109 cm³/mol. The van der Waals surface area contributed by atoms with Crippen molar-refractivity contribution < 1.29 is 17.6 Å². The molecule has 2 aromatic carbocycles. The summed E-state index contributed by atoms with van der Waals surface area (Å²) < 4.78 is 42.5. The van der Waals surface area contributed by atoms with Crippen LogP contribution in [0.4, 0.5) is 15.8 Å². The Bertz CT molecular complexity index is 1080. The second-order valence-corrected chi connectivity index (χ2v) is 10.6. The minimum Gasteiger partial charge on any atom is -0.311 e. The number of nitrogens with zero attached hydrogens (tertiary/aromatic N) is 1. The van der Waals surface area contributed by atoms with Crippen LogP contribution >= 0.6 is 15.9 Å². The predicted octanol–water partition coefficient (Wildman–Crippen LogP) is 4.42. The average Bonchev–Trinajstić information content (AvgIpc) is 3.42. The van der Waals surface area contributed by atoms with Crippen LogP contribution < -0.4 is 9.62 Å². The standard InChI is InChI=1S/C20H20BrFN2O3S/c1-20(2)11-24(19(25)12-3-4-12)18-8-6-14(10-15(18)20)28(26,27)23-17-7-5-13(21)9-16(17)22/h5-10,12,23H,3-4,11H2,1-2H3. The summed E-state index contributed by atoms with van der Waals surface area (Å²) >= 11 is 3.15. The van der Waals surface area contributed by atoms with E-state index in [1.165, 1.54) is 18.2 Å². The Balaban J connectivity index is 1.69. The average molecular weight is 467 g/mol. The summed E-state index contributed by atoms with van der Waals surface area (Å²) in [5.41, 5.74) is 1.08. The van der Waals surface area contributed by atoms with Crippen LogP contribution in [0.1, 0.15) is 32.3 Å². The number of carbonyl (C=O) groups is 1. The fraction of sp³-hybridized carbons (Fsp3) is 0.350. The molecule has 0 aromatic heterocycles. The smallest absolute Gasteiger partial charge is 0.261 e. The first-order chi connectivity index (χ1) is 13.1. The van der Waals surface area contributed by atoms with Gasteiger partial charge in [0, 0.05) is 28.0 Å². The minimum absolute atomic E-state index is 0.0439. The molecule has 0 atom stereocenters. The lowest BCUT2D eigenvalue weighted by Gasteiger charge is -2.20. The molecule has 1 aliphatic carbocycles. The lowest BCUT2D eigenvalue weighted by molar-refractivity contribution is -0.119. The Morgan fingerprint density at radius 3 is 2.57 bits per heavy atom. The fourth-order valence-corrected chi connectivity index (χ4v) is 4.97. The quantitative estimate of drug-likeness (QED) is 0.724. The molecular weight excluding hydrogens is 447 g/mol. The van der Waals surface area contributed by atoms with Crippen molar-refractivity contribution in [3.63, 3.8) is 0 Å². The van der Waals surface area contributed by atoms with Gasteiger partial charge < -0.3 is 4.90 Å². The number of rotatable bonds is 4. The fourth-order valence-electron chi connectivity index (χ4n) is 3.55. The zero-order chi connectivity index (χ0) is 20.3. The highest BCUT2D eigenvalue weighted by atomic mass is 79.9. The third kappa shape index (κ3) is 3.43. The third-order valence-electron chi connectivity index (χ3n) is 5.22. The van der Waals surface area contributed by atoms with E-state index in [1.807, 2.05) is 13.8 Å². The molecule has 0 unspecified atom stereocenters. The molecule has 1 saturated carbocycles. The van der Waals surface area contributed by atoms with Crippen molar-refractivity contribution in [2.24, 2.45) is 5.92 Å². The minimum atomic E-state index is -3.97. The molecule has 1 amide bonds. The molecule has 0 spiro atoms. The van der Waals surface area contributed by atoms with Gasteiger partial charge in [-0.3, -0.25) is 9.52 Å². The SMILES string of the molecule is CC1(C)CN(C(=O)C2CC2)c2ccc(S(=O)(=O)Nc3ccc(Br)cc3F)cc21. The van der Waals surface area contributed by atoms with Crippen molar-refractivity contribution in [3.05, 3.63) is 52.3 Å². The molecule has 5 nitrogen and oxygen atoms in total. The van der Waals surface area contributed by atoms with Gasteiger partial charge in [0.05, 0.1) is 10.6 Å². The number of hydrogen-bond acceptors (Lipinski definition) is 3. The Kier molecular flexibility index (Phi) is 4.54. The van der Waals surface area contributed by atoms with E-state index in [4.69, 9.17) is 0 Å². The summed E-state index contributed by atoms with van der Waals surface area (Å²) in [5.74, 6) is -0.467. The van der Waals surface area contributed by atoms with Gasteiger partial charge in [-0.25, -0.2) is 12.8 Å². The highest BCUT2D eigenvalue weighted by Gasteiger charge is 2.43. The van der Waals surface area contributed by atoms with E-state index in [0.717, 1.165) is 24.1 Å². The van der Waals surface area contributed by atoms with Crippen molar-refractivity contribution >= 4 is 43.2 Å². The maximum Gasteiger partial charge on any atom is 0.261 e. The highest BCUT2D eigenvalue weighted by molar-refractivity contribution is 9.10. The largest absolute Gasteiger partial charge is 0.311 e. The number of nitrogens with one attached hydrogen (secondary N) is 1. The number of carbonyl (C=O) groups excluding carboxylic acids is 1. The number of anilines is 2. The van der Waals surface area contributed by atoms with Crippen LogP contribution in [-0.2, 0) is 20.2 Å². The summed E-state index contributed by atoms with van der Waals surface area (Å²) in [6.45, 7) is 4.50. The molecule has 1 aliphatic heterocycles. The molecule has 28 heavy (non-hydrogen) atoms. The van der Waals surface area contributed by atoms with Crippen molar-refractivity contribution in [1.82, 2.24) is 0 Å². The molecule has 4 rings (SSSR count). The van der Waals surface area contributed by atoms with Gasteiger partial charge in [0.2, 0.25) is 5.91 Å². The van der Waals surface area contributed by atoms with E-state index in [1.54, 1.807) is 23.1 Å². The van der Waals surface area contributed by atoms with Crippen LogP contribution in [0.3, 0.4) is 0 Å². The van der Waals surface area contributed by atoms with E-state index in [-0.39, 0.29) is 27.8 Å². The van der Waals surface area contributed by atoms with Crippen molar-refractivity contribution in [2.75, 3.05) is 16.2 Å². The van der Waals surface area contributed by atoms with Gasteiger partial charge in [0.25, 0.3) is 10.0 Å². The zero-order valence-electron chi connectivity index (χ0n) is 15.5. The zero-order valence-corrected chi connectivity index (χ0v) is 17.9. The summed E-state index contributed by atoms with van der Waals surface area (Å²) in [5, 5.41) is 0. The lowest BCUT2D eigenvalue weighted by Crippen LogP contribution is -2.34. The van der Waals surface area contributed by atoms with Crippen LogP contribution in [0.25, 0.3) is 0 Å². The first-order valence-electron chi connectivity index (χ1n) is 9.02. The molecular formula is C20H20BrFN2O3S. The number of benzene rings is 2. The van der Waals surface area contributed by atoms with Crippen LogP contribution in [-0.4, -0.2) is 20.9 Å². The van der Waals surface area contributed by atoms with Crippen LogP contribution in [0.5, 0.6) is 0 Å². The van der Waals surface area contributed by atoms with Gasteiger partial charge >= 0.3 is 0 Å². The number of halogens is 2. The Labute approximate surface area is 172 Å².